The number of hydrogen-bond acceptors (Lipinski definition) is 2. The molecule has 0 heterocycles. The highest BCUT2D eigenvalue weighted by molar-refractivity contribution is 6.32. The molecule has 0 aromatic heterocycles. The lowest BCUT2D eigenvalue weighted by molar-refractivity contribution is 0.482. The Hall–Kier alpha value is -1.51. The van der Waals surface area contributed by atoms with E-state index in [1.165, 1.54) is 5.56 Å². The Bertz CT molecular complexity index is 578. The third kappa shape index (κ3) is 5.07. The molecule has 0 amide bonds. The molecule has 3 heteroatoms. The summed E-state index contributed by atoms with van der Waals surface area (Å²) < 4.78 is 5.81. The van der Waals surface area contributed by atoms with E-state index in [0.29, 0.717) is 16.7 Å². The van der Waals surface area contributed by atoms with Gasteiger partial charge in [-0.25, -0.2) is 0 Å². The Labute approximate surface area is 132 Å². The van der Waals surface area contributed by atoms with Crippen LogP contribution in [0, 0.1) is 12.8 Å². The van der Waals surface area contributed by atoms with Crippen LogP contribution in [0.3, 0.4) is 0 Å². The molecule has 0 saturated heterocycles. The second-order valence-corrected chi connectivity index (χ2v) is 6.11. The Morgan fingerprint density at radius 1 is 1.10 bits per heavy atom. The third-order valence-corrected chi connectivity index (χ3v) is 3.42. The molecule has 2 aromatic carbocycles. The minimum atomic E-state index is 0.638. The summed E-state index contributed by atoms with van der Waals surface area (Å²) in [6.45, 7) is 8.26. The summed E-state index contributed by atoms with van der Waals surface area (Å²) in [5, 5.41) is 4.04. The number of halogens is 1. The van der Waals surface area contributed by atoms with Crippen molar-refractivity contribution in [2.75, 3.05) is 6.54 Å². The molecule has 0 fully saturated rings. The van der Waals surface area contributed by atoms with Crippen LogP contribution in [0.4, 0.5) is 0 Å². The fourth-order valence-electron chi connectivity index (χ4n) is 1.98. The highest BCUT2D eigenvalue weighted by Gasteiger charge is 2.05. The number of nitrogens with one attached hydrogen (secondary N) is 1. The number of benzene rings is 2. The lowest BCUT2D eigenvalue weighted by Crippen LogP contribution is -2.18. The monoisotopic (exact) mass is 303 g/mol. The van der Waals surface area contributed by atoms with Crippen molar-refractivity contribution in [2.24, 2.45) is 5.92 Å². The summed E-state index contributed by atoms with van der Waals surface area (Å²) in [5.74, 6) is 2.13. The molecule has 1 N–H and O–H groups in total. The molecule has 2 aromatic rings. The fourth-order valence-corrected chi connectivity index (χ4v) is 2.22. The maximum Gasteiger partial charge on any atom is 0.146 e. The zero-order chi connectivity index (χ0) is 15.2. The molecule has 0 aliphatic carbocycles. The summed E-state index contributed by atoms with van der Waals surface area (Å²) in [6, 6.07) is 13.9. The topological polar surface area (TPSA) is 21.3 Å². The van der Waals surface area contributed by atoms with E-state index in [1.807, 2.05) is 42.5 Å². The molecule has 0 radical (unpaired) electrons. The lowest BCUT2D eigenvalue weighted by Gasteiger charge is -2.11. The van der Waals surface area contributed by atoms with Crippen LogP contribution >= 0.6 is 11.6 Å². The third-order valence-electron chi connectivity index (χ3n) is 3.13. The standard InChI is InChI=1S/C18H22ClNO/c1-13(2)11-20-12-15-6-9-18(17(19)10-15)21-16-7-4-14(3)5-8-16/h4-10,13,20H,11-12H2,1-3H3. The van der Waals surface area contributed by atoms with Crippen molar-refractivity contribution in [1.29, 1.82) is 0 Å². The first-order chi connectivity index (χ1) is 10.0. The van der Waals surface area contributed by atoms with Gasteiger partial charge in [-0.3, -0.25) is 0 Å². The van der Waals surface area contributed by atoms with E-state index in [4.69, 9.17) is 16.3 Å². The summed E-state index contributed by atoms with van der Waals surface area (Å²) in [6.07, 6.45) is 0. The van der Waals surface area contributed by atoms with Crippen molar-refractivity contribution in [1.82, 2.24) is 5.32 Å². The van der Waals surface area contributed by atoms with Crippen molar-refractivity contribution >= 4 is 11.6 Å². The van der Waals surface area contributed by atoms with Crippen molar-refractivity contribution in [2.45, 2.75) is 27.3 Å². The van der Waals surface area contributed by atoms with E-state index in [9.17, 15) is 0 Å². The molecular weight excluding hydrogens is 282 g/mol. The molecule has 112 valence electrons. The van der Waals surface area contributed by atoms with Gasteiger partial charge in [0.1, 0.15) is 11.5 Å². The molecule has 0 aliphatic rings. The highest BCUT2D eigenvalue weighted by Crippen LogP contribution is 2.30. The maximum atomic E-state index is 6.30. The molecular formula is C18H22ClNO. The van der Waals surface area contributed by atoms with Crippen LogP contribution in [0.15, 0.2) is 42.5 Å². The van der Waals surface area contributed by atoms with Crippen LogP contribution < -0.4 is 10.1 Å². The highest BCUT2D eigenvalue weighted by atomic mass is 35.5. The van der Waals surface area contributed by atoms with Gasteiger partial charge in [0.2, 0.25) is 0 Å². The zero-order valence-corrected chi connectivity index (χ0v) is 13.6. The average molecular weight is 304 g/mol. The Morgan fingerprint density at radius 3 is 2.43 bits per heavy atom. The van der Waals surface area contributed by atoms with Crippen molar-refractivity contribution in [3.05, 3.63) is 58.6 Å². The Balaban J connectivity index is 2.00. The molecule has 0 spiro atoms. The first-order valence-corrected chi connectivity index (χ1v) is 7.66. The van der Waals surface area contributed by atoms with Gasteiger partial charge in [0, 0.05) is 6.54 Å². The van der Waals surface area contributed by atoms with Crippen LogP contribution in [0.1, 0.15) is 25.0 Å². The smallest absolute Gasteiger partial charge is 0.146 e. The summed E-state index contributed by atoms with van der Waals surface area (Å²) >= 11 is 6.30. The summed E-state index contributed by atoms with van der Waals surface area (Å²) in [5.41, 5.74) is 2.37. The fraction of sp³-hybridized carbons (Fsp3) is 0.333. The molecule has 21 heavy (non-hydrogen) atoms. The second-order valence-electron chi connectivity index (χ2n) is 5.70. The zero-order valence-electron chi connectivity index (χ0n) is 12.8. The largest absolute Gasteiger partial charge is 0.456 e. The van der Waals surface area contributed by atoms with E-state index < -0.39 is 0 Å². The van der Waals surface area contributed by atoms with E-state index in [1.54, 1.807) is 0 Å². The van der Waals surface area contributed by atoms with E-state index in [2.05, 4.69) is 26.1 Å². The second kappa shape index (κ2) is 7.48. The molecule has 0 atom stereocenters. The van der Waals surface area contributed by atoms with Gasteiger partial charge in [-0.1, -0.05) is 49.2 Å². The van der Waals surface area contributed by atoms with E-state index in [-0.39, 0.29) is 0 Å². The van der Waals surface area contributed by atoms with E-state index in [0.717, 1.165) is 24.4 Å². The van der Waals surface area contributed by atoms with Crippen molar-refractivity contribution in [3.63, 3.8) is 0 Å². The van der Waals surface area contributed by atoms with Crippen molar-refractivity contribution < 1.29 is 4.74 Å². The minimum Gasteiger partial charge on any atom is -0.456 e. The predicted molar refractivity (Wildman–Crippen MR) is 89.2 cm³/mol. The number of rotatable bonds is 6. The molecule has 0 saturated carbocycles. The van der Waals surface area contributed by atoms with Crippen molar-refractivity contribution in [3.8, 4) is 11.5 Å². The lowest BCUT2D eigenvalue weighted by atomic mass is 10.2. The first-order valence-electron chi connectivity index (χ1n) is 7.28. The summed E-state index contributed by atoms with van der Waals surface area (Å²) in [7, 11) is 0. The quantitative estimate of drug-likeness (QED) is 0.793. The average Bonchev–Trinajstić information content (AvgIpc) is 2.44. The van der Waals surface area contributed by atoms with Gasteiger partial charge in [0.05, 0.1) is 5.02 Å². The van der Waals surface area contributed by atoms with Gasteiger partial charge >= 0.3 is 0 Å². The van der Waals surface area contributed by atoms with Gasteiger partial charge in [-0.2, -0.15) is 0 Å². The SMILES string of the molecule is Cc1ccc(Oc2ccc(CNCC(C)C)cc2Cl)cc1. The molecule has 0 aliphatic heterocycles. The van der Waals surface area contributed by atoms with Gasteiger partial charge in [-0.15, -0.1) is 0 Å². The van der Waals surface area contributed by atoms with Gasteiger partial charge in [0.15, 0.2) is 0 Å². The van der Waals surface area contributed by atoms with Crippen LogP contribution in [0.2, 0.25) is 5.02 Å². The van der Waals surface area contributed by atoms with E-state index >= 15 is 0 Å². The van der Waals surface area contributed by atoms with Gasteiger partial charge in [0.25, 0.3) is 0 Å². The molecule has 0 bridgehead atoms. The van der Waals surface area contributed by atoms with Crippen LogP contribution in [-0.4, -0.2) is 6.54 Å². The van der Waals surface area contributed by atoms with Crippen LogP contribution in [0.25, 0.3) is 0 Å². The predicted octanol–water partition coefficient (Wildman–Crippen LogP) is 5.19. The Morgan fingerprint density at radius 2 is 1.81 bits per heavy atom. The molecule has 0 unspecified atom stereocenters. The number of hydrogen-bond donors (Lipinski definition) is 1. The summed E-state index contributed by atoms with van der Waals surface area (Å²) in [4.78, 5) is 0. The molecule has 2 rings (SSSR count). The molecule has 2 nitrogen and oxygen atoms in total. The Kier molecular flexibility index (Phi) is 5.66. The van der Waals surface area contributed by atoms with Crippen LogP contribution in [-0.2, 0) is 6.54 Å². The number of ether oxygens (including phenoxy) is 1. The normalized spacial score (nSPS) is 10.9. The number of aryl methyl sites for hydroxylation is 1. The minimum absolute atomic E-state index is 0.638. The van der Waals surface area contributed by atoms with Gasteiger partial charge in [-0.05, 0) is 49.2 Å². The first kappa shape index (κ1) is 15.9. The maximum absolute atomic E-state index is 6.30. The van der Waals surface area contributed by atoms with Crippen LogP contribution in [0.5, 0.6) is 11.5 Å². The van der Waals surface area contributed by atoms with Gasteiger partial charge < -0.3 is 10.1 Å².